The van der Waals surface area contributed by atoms with Crippen LogP contribution in [-0.4, -0.2) is 48.9 Å². The highest BCUT2D eigenvalue weighted by atomic mass is 19.1. The van der Waals surface area contributed by atoms with Crippen molar-refractivity contribution in [3.05, 3.63) is 30.1 Å². The van der Waals surface area contributed by atoms with Crippen molar-refractivity contribution in [1.82, 2.24) is 10.2 Å². The lowest BCUT2D eigenvalue weighted by atomic mass is 10.3. The van der Waals surface area contributed by atoms with Gasteiger partial charge in [-0.05, 0) is 19.1 Å². The zero-order valence-corrected chi connectivity index (χ0v) is 11.1. The molecule has 0 saturated carbocycles. The third kappa shape index (κ3) is 5.13. The maximum atomic E-state index is 13.3. The zero-order valence-electron chi connectivity index (χ0n) is 11.1. The molecule has 6 heteroatoms. The number of para-hydroxylation sites is 1. The van der Waals surface area contributed by atoms with Gasteiger partial charge in [-0.1, -0.05) is 12.1 Å². The number of carbonyl (C=O) groups excluding carboxylic acids is 1. The first-order valence-electron chi connectivity index (χ1n) is 6.05. The number of likely N-dealkylation sites (N-methyl/N-ethyl adjacent to an activating group) is 1. The minimum Gasteiger partial charge on any atom is -0.486 e. The molecule has 0 aromatic heterocycles. The quantitative estimate of drug-likeness (QED) is 0.817. The van der Waals surface area contributed by atoms with Crippen molar-refractivity contribution in [3.63, 3.8) is 0 Å². The van der Waals surface area contributed by atoms with E-state index in [1.165, 1.54) is 17.0 Å². The molecule has 1 rings (SSSR count). The number of nitrogens with zero attached hydrogens (tertiary/aromatic N) is 1. The fourth-order valence-corrected chi connectivity index (χ4v) is 1.42. The Bertz CT molecular complexity index is 415. The number of amides is 2. The number of nitrogens with one attached hydrogen (secondary N) is 1. The first-order chi connectivity index (χ1) is 9.04. The molecule has 1 unspecified atom stereocenters. The molecule has 0 spiro atoms. The summed E-state index contributed by atoms with van der Waals surface area (Å²) in [5, 5.41) is 11.3. The van der Waals surface area contributed by atoms with Gasteiger partial charge in [0.25, 0.3) is 0 Å². The normalized spacial score (nSPS) is 11.8. The fourth-order valence-electron chi connectivity index (χ4n) is 1.42. The molecule has 1 aromatic carbocycles. The summed E-state index contributed by atoms with van der Waals surface area (Å²) in [5.41, 5.74) is 0. The van der Waals surface area contributed by atoms with Crippen molar-refractivity contribution in [2.45, 2.75) is 13.0 Å². The van der Waals surface area contributed by atoms with E-state index < -0.39 is 5.82 Å². The van der Waals surface area contributed by atoms with E-state index in [9.17, 15) is 9.18 Å². The van der Waals surface area contributed by atoms with Crippen LogP contribution in [0.5, 0.6) is 5.75 Å². The number of benzene rings is 1. The van der Waals surface area contributed by atoms with Gasteiger partial charge >= 0.3 is 6.03 Å². The van der Waals surface area contributed by atoms with Crippen molar-refractivity contribution < 1.29 is 19.0 Å². The van der Waals surface area contributed by atoms with Crippen molar-refractivity contribution in [2.24, 2.45) is 0 Å². The van der Waals surface area contributed by atoms with E-state index in [1.54, 1.807) is 26.1 Å². The molecule has 0 aliphatic heterocycles. The fraction of sp³-hybridized carbons (Fsp3) is 0.462. The summed E-state index contributed by atoms with van der Waals surface area (Å²) in [4.78, 5) is 12.9. The molecular weight excluding hydrogens is 251 g/mol. The summed E-state index contributed by atoms with van der Waals surface area (Å²) in [6.45, 7) is 2.15. The second kappa shape index (κ2) is 7.58. The van der Waals surface area contributed by atoms with Gasteiger partial charge < -0.3 is 20.1 Å². The Hall–Kier alpha value is -1.82. The maximum absolute atomic E-state index is 13.3. The zero-order chi connectivity index (χ0) is 14.3. The van der Waals surface area contributed by atoms with Crippen LogP contribution in [0.1, 0.15) is 6.92 Å². The number of hydrogen-bond acceptors (Lipinski definition) is 3. The van der Waals surface area contributed by atoms with Crippen LogP contribution in [0.2, 0.25) is 0 Å². The molecule has 1 atom stereocenters. The average Bonchev–Trinajstić information content (AvgIpc) is 2.39. The van der Waals surface area contributed by atoms with Gasteiger partial charge in [0.2, 0.25) is 0 Å². The molecule has 2 amide bonds. The molecule has 0 bridgehead atoms. The number of urea groups is 1. The van der Waals surface area contributed by atoms with Crippen LogP contribution in [0.25, 0.3) is 0 Å². The summed E-state index contributed by atoms with van der Waals surface area (Å²) < 4.78 is 18.7. The average molecular weight is 270 g/mol. The standard InChI is InChI=1S/C13H19FN2O3/c1-10(9-15-13(18)16(2)7-8-17)19-12-6-4-3-5-11(12)14/h3-6,10,17H,7-9H2,1-2H3,(H,15,18). The molecule has 0 aliphatic carbocycles. The van der Waals surface area contributed by atoms with Gasteiger partial charge in [0, 0.05) is 13.6 Å². The van der Waals surface area contributed by atoms with Crippen molar-refractivity contribution >= 4 is 6.03 Å². The number of rotatable bonds is 6. The van der Waals surface area contributed by atoms with Crippen LogP contribution >= 0.6 is 0 Å². The van der Waals surface area contributed by atoms with E-state index in [1.807, 2.05) is 0 Å². The number of ether oxygens (including phenoxy) is 1. The molecule has 0 heterocycles. The first kappa shape index (κ1) is 15.2. The molecular formula is C13H19FN2O3. The van der Waals surface area contributed by atoms with E-state index in [2.05, 4.69) is 5.32 Å². The highest BCUT2D eigenvalue weighted by molar-refractivity contribution is 5.73. The van der Waals surface area contributed by atoms with Crippen molar-refractivity contribution in [3.8, 4) is 5.75 Å². The van der Waals surface area contributed by atoms with Gasteiger partial charge in [-0.2, -0.15) is 0 Å². The van der Waals surface area contributed by atoms with Gasteiger partial charge in [0.05, 0.1) is 13.2 Å². The Morgan fingerprint density at radius 2 is 2.21 bits per heavy atom. The van der Waals surface area contributed by atoms with Crippen LogP contribution in [0.15, 0.2) is 24.3 Å². The predicted molar refractivity (Wildman–Crippen MR) is 69.6 cm³/mol. The van der Waals surface area contributed by atoms with E-state index in [4.69, 9.17) is 9.84 Å². The first-order valence-corrected chi connectivity index (χ1v) is 6.05. The predicted octanol–water partition coefficient (Wildman–Crippen LogP) is 1.23. The molecule has 5 nitrogen and oxygen atoms in total. The molecule has 0 aliphatic rings. The molecule has 19 heavy (non-hydrogen) atoms. The van der Waals surface area contributed by atoms with Crippen molar-refractivity contribution in [1.29, 1.82) is 0 Å². The van der Waals surface area contributed by atoms with Crippen LogP contribution < -0.4 is 10.1 Å². The lowest BCUT2D eigenvalue weighted by Crippen LogP contribution is -2.42. The molecule has 0 saturated heterocycles. The van der Waals surface area contributed by atoms with Gasteiger partial charge in [-0.25, -0.2) is 9.18 Å². The van der Waals surface area contributed by atoms with Crippen LogP contribution in [-0.2, 0) is 0 Å². The highest BCUT2D eigenvalue weighted by Crippen LogP contribution is 2.16. The lowest BCUT2D eigenvalue weighted by Gasteiger charge is -2.19. The number of halogens is 1. The van der Waals surface area contributed by atoms with Gasteiger partial charge in [0.15, 0.2) is 11.6 Å². The number of aliphatic hydroxyl groups is 1. The summed E-state index contributed by atoms with van der Waals surface area (Å²) in [7, 11) is 1.58. The summed E-state index contributed by atoms with van der Waals surface area (Å²) >= 11 is 0. The largest absolute Gasteiger partial charge is 0.486 e. The molecule has 2 N–H and O–H groups in total. The van der Waals surface area contributed by atoms with Crippen LogP contribution in [0.4, 0.5) is 9.18 Å². The van der Waals surface area contributed by atoms with E-state index in [0.29, 0.717) is 0 Å². The molecule has 1 aromatic rings. The summed E-state index contributed by atoms with van der Waals surface area (Å²) in [5.74, 6) is -0.272. The SMILES string of the molecule is CC(CNC(=O)N(C)CCO)Oc1ccccc1F. The van der Waals surface area contributed by atoms with E-state index in [0.717, 1.165) is 0 Å². The lowest BCUT2D eigenvalue weighted by molar-refractivity contribution is 0.176. The third-order valence-corrected chi connectivity index (χ3v) is 2.49. The van der Waals surface area contributed by atoms with Crippen molar-refractivity contribution in [2.75, 3.05) is 26.7 Å². The summed E-state index contributed by atoms with van der Waals surface area (Å²) in [6.07, 6.45) is -0.358. The monoisotopic (exact) mass is 270 g/mol. The Morgan fingerprint density at radius 1 is 1.53 bits per heavy atom. The summed E-state index contributed by atoms with van der Waals surface area (Å²) in [6, 6.07) is 5.80. The minimum absolute atomic E-state index is 0.0921. The number of aliphatic hydroxyl groups excluding tert-OH is 1. The van der Waals surface area contributed by atoms with Gasteiger partial charge in [0.1, 0.15) is 6.10 Å². The topological polar surface area (TPSA) is 61.8 Å². The second-order valence-corrected chi connectivity index (χ2v) is 4.19. The Balaban J connectivity index is 2.38. The van der Waals surface area contributed by atoms with E-state index in [-0.39, 0.29) is 37.6 Å². The van der Waals surface area contributed by atoms with Gasteiger partial charge in [-0.3, -0.25) is 0 Å². The molecule has 0 radical (unpaired) electrons. The molecule has 0 fully saturated rings. The smallest absolute Gasteiger partial charge is 0.317 e. The Labute approximate surface area is 112 Å². The minimum atomic E-state index is -0.432. The van der Waals surface area contributed by atoms with Crippen LogP contribution in [0.3, 0.4) is 0 Å². The maximum Gasteiger partial charge on any atom is 0.317 e. The van der Waals surface area contributed by atoms with Crippen LogP contribution in [0, 0.1) is 5.82 Å². The third-order valence-electron chi connectivity index (χ3n) is 2.49. The number of hydrogen-bond donors (Lipinski definition) is 2. The second-order valence-electron chi connectivity index (χ2n) is 4.19. The van der Waals surface area contributed by atoms with Gasteiger partial charge in [-0.15, -0.1) is 0 Å². The number of carbonyl (C=O) groups is 1. The highest BCUT2D eigenvalue weighted by Gasteiger charge is 2.11. The Morgan fingerprint density at radius 3 is 2.84 bits per heavy atom. The van der Waals surface area contributed by atoms with E-state index >= 15 is 0 Å². The molecule has 106 valence electrons. The Kier molecular flexibility index (Phi) is 6.08.